The molecule has 1 aliphatic rings. The Labute approximate surface area is 180 Å². The first-order valence-corrected chi connectivity index (χ1v) is 11.9. The van der Waals surface area contributed by atoms with E-state index in [0.29, 0.717) is 41.6 Å². The number of rotatable bonds is 6. The van der Waals surface area contributed by atoms with Gasteiger partial charge in [-0.05, 0) is 42.5 Å². The number of hydrogen-bond donors (Lipinski definition) is 1. The number of furan rings is 1. The van der Waals surface area contributed by atoms with Crippen molar-refractivity contribution >= 4 is 38.5 Å². The normalized spacial score (nSPS) is 15.6. The minimum atomic E-state index is -3.47. The lowest BCUT2D eigenvalue weighted by atomic mass is 9.97. The molecular formula is C22H23ClN2O4S. The van der Waals surface area contributed by atoms with Crippen LogP contribution >= 0.6 is 11.6 Å². The predicted molar refractivity (Wildman–Crippen MR) is 117 cm³/mol. The number of para-hydroxylation sites is 1. The Morgan fingerprint density at radius 1 is 1.10 bits per heavy atom. The molecule has 4 rings (SSSR count). The molecule has 1 N–H and O–H groups in total. The van der Waals surface area contributed by atoms with Crippen molar-refractivity contribution in [3.05, 3.63) is 70.9 Å². The van der Waals surface area contributed by atoms with Gasteiger partial charge in [0.25, 0.3) is 5.91 Å². The Morgan fingerprint density at radius 2 is 1.80 bits per heavy atom. The monoisotopic (exact) mass is 446 g/mol. The number of carbonyl (C=O) groups excluding carboxylic acids is 1. The smallest absolute Gasteiger partial charge is 0.289 e. The summed E-state index contributed by atoms with van der Waals surface area (Å²) in [5.74, 6) is 0.264. The van der Waals surface area contributed by atoms with Crippen LogP contribution < -0.4 is 4.72 Å². The largest absolute Gasteiger partial charge is 0.451 e. The number of likely N-dealkylation sites (tertiary alicyclic amines) is 1. The van der Waals surface area contributed by atoms with Gasteiger partial charge < -0.3 is 9.32 Å². The summed E-state index contributed by atoms with van der Waals surface area (Å²) in [5.41, 5.74) is 1.28. The van der Waals surface area contributed by atoms with E-state index in [2.05, 4.69) is 4.72 Å². The maximum absolute atomic E-state index is 12.7. The molecule has 0 atom stereocenters. The standard InChI is InChI=1S/C22H23ClN2O4S/c23-19-7-3-1-6-18(19)15-30(27,28)24-14-16-9-11-25(12-10-16)22(26)21-13-17-5-2-4-8-20(17)29-21/h1-8,13,16,24H,9-12,14-15H2. The quantitative estimate of drug-likeness (QED) is 0.619. The van der Waals surface area contributed by atoms with Gasteiger partial charge in [0, 0.05) is 30.0 Å². The van der Waals surface area contributed by atoms with Crippen molar-refractivity contribution in [3.8, 4) is 0 Å². The van der Waals surface area contributed by atoms with Crippen molar-refractivity contribution in [1.82, 2.24) is 9.62 Å². The number of benzene rings is 2. The summed E-state index contributed by atoms with van der Waals surface area (Å²) in [6.45, 7) is 1.51. The van der Waals surface area contributed by atoms with Gasteiger partial charge in [0.2, 0.25) is 10.0 Å². The van der Waals surface area contributed by atoms with E-state index in [9.17, 15) is 13.2 Å². The highest BCUT2D eigenvalue weighted by molar-refractivity contribution is 7.88. The van der Waals surface area contributed by atoms with Crippen LogP contribution in [0.2, 0.25) is 5.02 Å². The number of nitrogens with zero attached hydrogens (tertiary/aromatic N) is 1. The zero-order valence-corrected chi connectivity index (χ0v) is 18.0. The third kappa shape index (κ3) is 4.86. The van der Waals surface area contributed by atoms with E-state index in [-0.39, 0.29) is 17.6 Å². The number of piperidine rings is 1. The lowest BCUT2D eigenvalue weighted by molar-refractivity contribution is 0.0662. The Balaban J connectivity index is 1.29. The van der Waals surface area contributed by atoms with Crippen molar-refractivity contribution in [2.24, 2.45) is 5.92 Å². The highest BCUT2D eigenvalue weighted by Gasteiger charge is 2.26. The number of sulfonamides is 1. The van der Waals surface area contributed by atoms with E-state index < -0.39 is 10.0 Å². The van der Waals surface area contributed by atoms with E-state index in [1.165, 1.54) is 0 Å². The van der Waals surface area contributed by atoms with Crippen molar-refractivity contribution in [3.63, 3.8) is 0 Å². The second-order valence-corrected chi connectivity index (χ2v) is 9.80. The lowest BCUT2D eigenvalue weighted by Gasteiger charge is -2.31. The van der Waals surface area contributed by atoms with E-state index in [1.807, 2.05) is 24.3 Å². The van der Waals surface area contributed by atoms with E-state index >= 15 is 0 Å². The Bertz CT molecular complexity index is 1120. The van der Waals surface area contributed by atoms with Crippen LogP contribution in [-0.2, 0) is 15.8 Å². The second kappa shape index (κ2) is 8.79. The van der Waals surface area contributed by atoms with Gasteiger partial charge in [-0.25, -0.2) is 13.1 Å². The molecule has 8 heteroatoms. The van der Waals surface area contributed by atoms with E-state index in [0.717, 1.165) is 18.2 Å². The van der Waals surface area contributed by atoms with Crippen LogP contribution in [0, 0.1) is 5.92 Å². The van der Waals surface area contributed by atoms with Gasteiger partial charge in [0.05, 0.1) is 5.75 Å². The van der Waals surface area contributed by atoms with Crippen molar-refractivity contribution < 1.29 is 17.6 Å². The number of carbonyl (C=O) groups is 1. The average Bonchev–Trinajstić information content (AvgIpc) is 3.18. The fourth-order valence-electron chi connectivity index (χ4n) is 3.70. The molecule has 158 valence electrons. The molecule has 2 aromatic carbocycles. The van der Waals surface area contributed by atoms with Gasteiger partial charge in [-0.2, -0.15) is 0 Å². The molecule has 0 radical (unpaired) electrons. The van der Waals surface area contributed by atoms with Crippen LogP contribution in [0.4, 0.5) is 0 Å². The van der Waals surface area contributed by atoms with Crippen LogP contribution in [0.25, 0.3) is 11.0 Å². The van der Waals surface area contributed by atoms with Gasteiger partial charge >= 0.3 is 0 Å². The summed E-state index contributed by atoms with van der Waals surface area (Å²) in [7, 11) is -3.47. The molecule has 2 heterocycles. The molecular weight excluding hydrogens is 424 g/mol. The number of hydrogen-bond acceptors (Lipinski definition) is 4. The summed E-state index contributed by atoms with van der Waals surface area (Å²) in [5, 5.41) is 1.35. The SMILES string of the molecule is O=C(c1cc2ccccc2o1)N1CCC(CNS(=O)(=O)Cc2ccccc2Cl)CC1. The molecule has 0 aliphatic carbocycles. The molecule has 1 aromatic heterocycles. The van der Waals surface area contributed by atoms with Crippen molar-refractivity contribution in [2.75, 3.05) is 19.6 Å². The van der Waals surface area contributed by atoms with Gasteiger partial charge in [0.1, 0.15) is 5.58 Å². The molecule has 30 heavy (non-hydrogen) atoms. The van der Waals surface area contributed by atoms with Gasteiger partial charge in [-0.15, -0.1) is 0 Å². The highest BCUT2D eigenvalue weighted by Crippen LogP contribution is 2.23. The minimum Gasteiger partial charge on any atom is -0.451 e. The first kappa shape index (κ1) is 20.9. The van der Waals surface area contributed by atoms with Crippen LogP contribution in [-0.4, -0.2) is 38.9 Å². The van der Waals surface area contributed by atoms with Crippen LogP contribution in [0.5, 0.6) is 0 Å². The number of halogens is 1. The summed E-state index contributed by atoms with van der Waals surface area (Å²) in [6, 6.07) is 16.2. The van der Waals surface area contributed by atoms with Gasteiger partial charge in [-0.1, -0.05) is 48.0 Å². The molecule has 1 aliphatic heterocycles. The molecule has 0 spiro atoms. The molecule has 1 saturated heterocycles. The third-order valence-corrected chi connectivity index (χ3v) is 7.10. The van der Waals surface area contributed by atoms with Crippen LogP contribution in [0.3, 0.4) is 0 Å². The molecule has 0 bridgehead atoms. The first-order valence-electron chi connectivity index (χ1n) is 9.90. The Hall–Kier alpha value is -2.35. The first-order chi connectivity index (χ1) is 14.4. The number of nitrogens with one attached hydrogen (secondary N) is 1. The van der Waals surface area contributed by atoms with Crippen molar-refractivity contribution in [2.45, 2.75) is 18.6 Å². The summed E-state index contributed by atoms with van der Waals surface area (Å²) >= 11 is 6.06. The van der Waals surface area contributed by atoms with Crippen molar-refractivity contribution in [1.29, 1.82) is 0 Å². The number of amides is 1. The van der Waals surface area contributed by atoms with Gasteiger partial charge in [0.15, 0.2) is 5.76 Å². The molecule has 1 amide bonds. The molecule has 3 aromatic rings. The number of fused-ring (bicyclic) bond motifs is 1. The Morgan fingerprint density at radius 3 is 2.53 bits per heavy atom. The summed E-state index contributed by atoms with van der Waals surface area (Å²) in [4.78, 5) is 14.5. The van der Waals surface area contributed by atoms with Crippen LogP contribution in [0.15, 0.2) is 59.0 Å². The zero-order chi connectivity index (χ0) is 21.1. The minimum absolute atomic E-state index is 0.121. The molecule has 6 nitrogen and oxygen atoms in total. The Kier molecular flexibility index (Phi) is 6.13. The predicted octanol–water partition coefficient (Wildman–Crippen LogP) is 4.06. The maximum Gasteiger partial charge on any atom is 0.289 e. The molecule has 0 saturated carbocycles. The fourth-order valence-corrected chi connectivity index (χ4v) is 5.23. The van der Waals surface area contributed by atoms with E-state index in [1.54, 1.807) is 35.2 Å². The highest BCUT2D eigenvalue weighted by atomic mass is 35.5. The van der Waals surface area contributed by atoms with Crippen LogP contribution in [0.1, 0.15) is 29.0 Å². The molecule has 1 fully saturated rings. The average molecular weight is 447 g/mol. The summed E-state index contributed by atoms with van der Waals surface area (Å²) < 4.78 is 33.1. The zero-order valence-electron chi connectivity index (χ0n) is 16.4. The molecule has 0 unspecified atom stereocenters. The topological polar surface area (TPSA) is 79.6 Å². The summed E-state index contributed by atoms with van der Waals surface area (Å²) in [6.07, 6.45) is 1.47. The lowest BCUT2D eigenvalue weighted by Crippen LogP contribution is -2.41. The maximum atomic E-state index is 12.7. The van der Waals surface area contributed by atoms with Gasteiger partial charge in [-0.3, -0.25) is 4.79 Å². The van der Waals surface area contributed by atoms with E-state index in [4.69, 9.17) is 16.0 Å². The second-order valence-electron chi connectivity index (χ2n) is 7.58. The fraction of sp³-hybridized carbons (Fsp3) is 0.318. The third-order valence-electron chi connectivity index (χ3n) is 5.43.